The second kappa shape index (κ2) is 10.1. The lowest BCUT2D eigenvalue weighted by molar-refractivity contribution is -0.207. The zero-order chi connectivity index (χ0) is 26.2. The lowest BCUT2D eigenvalue weighted by Gasteiger charge is -2.15. The van der Waals surface area contributed by atoms with E-state index in [1.165, 1.54) is 53.5 Å². The van der Waals surface area contributed by atoms with Gasteiger partial charge >= 0.3 is 11.9 Å². The number of hydrogen-bond donors (Lipinski definition) is 1. The first kappa shape index (κ1) is 25.9. The van der Waals surface area contributed by atoms with Crippen molar-refractivity contribution in [1.82, 2.24) is 29.1 Å². The highest BCUT2D eigenvalue weighted by atomic mass is 35.5. The Morgan fingerprint density at radius 1 is 1.06 bits per heavy atom. The molecule has 1 atom stereocenters. The number of rotatable bonds is 7. The van der Waals surface area contributed by atoms with Crippen LogP contribution in [0.5, 0.6) is 0 Å². The molecule has 4 rings (SSSR count). The molecule has 0 aliphatic rings. The van der Waals surface area contributed by atoms with Crippen LogP contribution in [0.4, 0.5) is 13.2 Å². The lowest BCUT2D eigenvalue weighted by Crippen LogP contribution is -2.37. The van der Waals surface area contributed by atoms with Gasteiger partial charge in [0.15, 0.2) is 17.8 Å². The van der Waals surface area contributed by atoms with E-state index < -0.39 is 29.8 Å². The number of aromatic nitrogens is 6. The van der Waals surface area contributed by atoms with Crippen LogP contribution in [0.3, 0.4) is 0 Å². The molecular weight excluding hydrogens is 548 g/mol. The molecule has 1 N–H and O–H groups in total. The van der Waals surface area contributed by atoms with E-state index in [4.69, 9.17) is 34.8 Å². The third kappa shape index (κ3) is 5.46. The van der Waals surface area contributed by atoms with Crippen molar-refractivity contribution in [3.05, 3.63) is 80.7 Å². The first-order valence-corrected chi connectivity index (χ1v) is 11.2. The van der Waals surface area contributed by atoms with E-state index in [1.807, 2.05) is 0 Å². The van der Waals surface area contributed by atoms with Gasteiger partial charge in [0.25, 0.3) is 5.24 Å². The van der Waals surface area contributed by atoms with E-state index in [9.17, 15) is 27.9 Å². The Labute approximate surface area is 215 Å². The summed E-state index contributed by atoms with van der Waals surface area (Å²) in [5, 5.41) is 17.8. The molecule has 1 unspecified atom stereocenters. The number of alkyl halides is 3. The van der Waals surface area contributed by atoms with Gasteiger partial charge in [-0.3, -0.25) is 9.36 Å². The molecule has 36 heavy (non-hydrogen) atoms. The summed E-state index contributed by atoms with van der Waals surface area (Å²) >= 11 is 17.4. The van der Waals surface area contributed by atoms with Gasteiger partial charge in [0.05, 0.1) is 17.8 Å². The second-order valence-corrected chi connectivity index (χ2v) is 8.70. The number of benzene rings is 2. The Balaban J connectivity index is 1.71. The van der Waals surface area contributed by atoms with Gasteiger partial charge in [-0.2, -0.15) is 13.2 Å². The van der Waals surface area contributed by atoms with Crippen molar-refractivity contribution in [3.63, 3.8) is 0 Å². The first-order chi connectivity index (χ1) is 16.9. The molecule has 188 valence electrons. The molecule has 0 fully saturated rings. The molecule has 0 saturated heterocycles. The number of hydrogen-bond acceptors (Lipinski definition) is 6. The van der Waals surface area contributed by atoms with Crippen LogP contribution in [0.1, 0.15) is 16.2 Å². The van der Waals surface area contributed by atoms with Crippen molar-refractivity contribution >= 4 is 40.0 Å². The maximum atomic E-state index is 13.0. The molecule has 0 spiro atoms. The van der Waals surface area contributed by atoms with Gasteiger partial charge in [-0.25, -0.2) is 19.1 Å². The van der Waals surface area contributed by atoms with Crippen LogP contribution in [0.2, 0.25) is 10.0 Å². The van der Waals surface area contributed by atoms with Crippen molar-refractivity contribution < 1.29 is 23.1 Å². The molecule has 9 nitrogen and oxygen atoms in total. The van der Waals surface area contributed by atoms with Crippen LogP contribution in [-0.2, 0) is 13.1 Å². The molecule has 2 heterocycles. The largest absolute Gasteiger partial charge is 0.416 e. The summed E-state index contributed by atoms with van der Waals surface area (Å²) in [5.41, 5.74) is -0.295. The van der Waals surface area contributed by atoms with E-state index in [0.29, 0.717) is 15.2 Å². The van der Waals surface area contributed by atoms with E-state index in [2.05, 4.69) is 15.2 Å². The highest BCUT2D eigenvalue weighted by Gasteiger charge is 2.39. The molecule has 15 heteroatoms. The summed E-state index contributed by atoms with van der Waals surface area (Å²) < 4.78 is 41.8. The summed E-state index contributed by atoms with van der Waals surface area (Å²) in [6, 6.07) is 10.3. The fourth-order valence-electron chi connectivity index (χ4n) is 3.28. The minimum atomic E-state index is -4.95. The van der Waals surface area contributed by atoms with Gasteiger partial charge < -0.3 is 5.11 Å². The van der Waals surface area contributed by atoms with Crippen molar-refractivity contribution in [3.8, 4) is 17.1 Å². The van der Waals surface area contributed by atoms with Gasteiger partial charge in [-0.15, -0.1) is 10.2 Å². The summed E-state index contributed by atoms with van der Waals surface area (Å²) in [7, 11) is 0. The summed E-state index contributed by atoms with van der Waals surface area (Å²) in [6.45, 7) is -1.40. The maximum Gasteiger partial charge on any atom is 0.416 e. The fourth-order valence-corrected chi connectivity index (χ4v) is 3.73. The van der Waals surface area contributed by atoms with Crippen molar-refractivity contribution in [2.45, 2.75) is 25.4 Å². The number of nitrogens with zero attached hydrogens (tertiary/aromatic N) is 6. The normalized spacial score (nSPS) is 12.6. The van der Waals surface area contributed by atoms with Gasteiger partial charge in [-0.05, 0) is 54.1 Å². The Hall–Kier alpha value is -3.19. The molecule has 0 amide bonds. The first-order valence-electron chi connectivity index (χ1n) is 10.0. The highest BCUT2D eigenvalue weighted by Crippen LogP contribution is 2.24. The molecule has 0 radical (unpaired) electrons. The van der Waals surface area contributed by atoms with Gasteiger partial charge in [0, 0.05) is 15.6 Å². The van der Waals surface area contributed by atoms with Crippen LogP contribution in [0.15, 0.2) is 53.6 Å². The molecule has 2 aromatic heterocycles. The van der Waals surface area contributed by atoms with Crippen LogP contribution in [0.25, 0.3) is 17.1 Å². The molecule has 2 aromatic carbocycles. The fraction of sp³-hybridized carbons (Fsp3) is 0.190. The van der Waals surface area contributed by atoms with Crippen LogP contribution in [0, 0.1) is 0 Å². The Morgan fingerprint density at radius 2 is 1.72 bits per heavy atom. The summed E-state index contributed by atoms with van der Waals surface area (Å²) in [6.07, 6.45) is -6.49. The smallest absolute Gasteiger partial charge is 0.382 e. The van der Waals surface area contributed by atoms with E-state index in [-0.39, 0.29) is 34.5 Å². The lowest BCUT2D eigenvalue weighted by atomic mass is 10.2. The van der Waals surface area contributed by atoms with Crippen LogP contribution in [-0.4, -0.2) is 51.7 Å². The maximum absolute atomic E-state index is 13.0. The minimum absolute atomic E-state index is 0.0590. The SMILES string of the molecule is O=C(Cl)c1cc(Cl)ccc1-n1cnc(Cn2nc(-c3ccc(Cl)cc3)n(CC(O)C(F)(F)F)c2=O)n1. The number of aliphatic hydroxyl groups is 1. The van der Waals surface area contributed by atoms with Crippen molar-refractivity contribution in [2.75, 3.05) is 0 Å². The molecule has 0 saturated carbocycles. The molecule has 4 aromatic rings. The van der Waals surface area contributed by atoms with Gasteiger partial charge in [0.2, 0.25) is 0 Å². The number of carbonyl (C=O) groups excluding carboxylic acids is 1. The quantitative estimate of drug-likeness (QED) is 0.343. The number of aliphatic hydroxyl groups excluding tert-OH is 1. The molecule has 0 aliphatic heterocycles. The van der Waals surface area contributed by atoms with E-state index in [0.717, 1.165) is 4.68 Å². The Bertz CT molecular complexity index is 1480. The Morgan fingerprint density at radius 3 is 2.36 bits per heavy atom. The monoisotopic (exact) mass is 560 g/mol. The minimum Gasteiger partial charge on any atom is -0.382 e. The van der Waals surface area contributed by atoms with Crippen LogP contribution < -0.4 is 5.69 Å². The number of halogens is 6. The highest BCUT2D eigenvalue weighted by molar-refractivity contribution is 6.68. The topological polar surface area (TPSA) is 108 Å². The predicted molar refractivity (Wildman–Crippen MR) is 125 cm³/mol. The zero-order valence-corrected chi connectivity index (χ0v) is 20.1. The number of carbonyl (C=O) groups is 1. The van der Waals surface area contributed by atoms with E-state index in [1.54, 1.807) is 0 Å². The summed E-state index contributed by atoms with van der Waals surface area (Å²) in [5.74, 6) is -0.0594. The standard InChI is InChI=1S/C21H14Cl3F3N6O3/c22-12-3-1-11(2-4-12)19-30-32(20(36)31(19)8-16(34)21(25,26)27)9-17-28-10-33(29-17)15-6-5-13(23)7-14(15)18(24)35/h1-7,10,16,34H,8-9H2. The third-order valence-corrected chi connectivity index (χ3v) is 5.70. The predicted octanol–water partition coefficient (Wildman–Crippen LogP) is 3.95. The average molecular weight is 562 g/mol. The summed E-state index contributed by atoms with van der Waals surface area (Å²) in [4.78, 5) is 28.8. The van der Waals surface area contributed by atoms with E-state index >= 15 is 0 Å². The van der Waals surface area contributed by atoms with Crippen molar-refractivity contribution in [1.29, 1.82) is 0 Å². The molecule has 0 aliphatic carbocycles. The third-order valence-electron chi connectivity index (χ3n) is 5.01. The van der Waals surface area contributed by atoms with Crippen molar-refractivity contribution in [2.24, 2.45) is 0 Å². The van der Waals surface area contributed by atoms with Gasteiger partial charge in [-0.1, -0.05) is 23.2 Å². The Kier molecular flexibility index (Phi) is 7.23. The van der Waals surface area contributed by atoms with Crippen LogP contribution >= 0.6 is 34.8 Å². The molecule has 0 bridgehead atoms. The second-order valence-electron chi connectivity index (χ2n) is 7.48. The molecular formula is C21H14Cl3F3N6O3. The zero-order valence-electron chi connectivity index (χ0n) is 17.8. The average Bonchev–Trinajstić information content (AvgIpc) is 3.39. The van der Waals surface area contributed by atoms with Gasteiger partial charge in [0.1, 0.15) is 12.9 Å².